The molecule has 0 aliphatic rings. The molecule has 4 nitrogen and oxygen atoms in total. The number of carbonyl (C=O) groups excluding carboxylic acids is 1. The van der Waals surface area contributed by atoms with Gasteiger partial charge in [0, 0.05) is 37.3 Å². The molecule has 0 saturated carbocycles. The number of nitrogens with zero attached hydrogens (tertiary/aromatic N) is 2. The lowest BCUT2D eigenvalue weighted by atomic mass is 10.3. The number of thiazole rings is 1. The first kappa shape index (κ1) is 13.5. The first-order valence-corrected chi connectivity index (χ1v) is 6.69. The van der Waals surface area contributed by atoms with E-state index < -0.39 is 0 Å². The third kappa shape index (κ3) is 4.03. The quantitative estimate of drug-likeness (QED) is 0.935. The summed E-state index contributed by atoms with van der Waals surface area (Å²) >= 11 is 1.56. The van der Waals surface area contributed by atoms with Crippen molar-refractivity contribution in [3.8, 4) is 0 Å². The van der Waals surface area contributed by atoms with Gasteiger partial charge in [0.2, 0.25) is 0 Å². The molecule has 100 valence electrons. The molecule has 1 aromatic heterocycles. The standard InChI is InChI=1S/C13H14FN3OS/c1-17(7-5-12-15-6-8-19-12)13(18)16-11-4-2-3-10(14)9-11/h2-4,6,8-9H,5,7H2,1H3,(H,16,18). The van der Waals surface area contributed by atoms with E-state index in [2.05, 4.69) is 10.3 Å². The van der Waals surface area contributed by atoms with E-state index in [-0.39, 0.29) is 11.8 Å². The highest BCUT2D eigenvalue weighted by molar-refractivity contribution is 7.09. The molecule has 0 saturated heterocycles. The number of nitrogens with one attached hydrogen (secondary N) is 1. The molecule has 0 aliphatic heterocycles. The minimum absolute atomic E-state index is 0.262. The van der Waals surface area contributed by atoms with Crippen molar-refractivity contribution in [2.45, 2.75) is 6.42 Å². The Hall–Kier alpha value is -1.95. The third-order valence-electron chi connectivity index (χ3n) is 2.57. The zero-order chi connectivity index (χ0) is 13.7. The summed E-state index contributed by atoms with van der Waals surface area (Å²) in [5.41, 5.74) is 0.450. The van der Waals surface area contributed by atoms with Crippen molar-refractivity contribution in [2.75, 3.05) is 18.9 Å². The number of benzene rings is 1. The number of likely N-dealkylation sites (N-methyl/N-ethyl adjacent to an activating group) is 1. The molecule has 0 fully saturated rings. The number of hydrogen-bond donors (Lipinski definition) is 1. The van der Waals surface area contributed by atoms with E-state index in [0.29, 0.717) is 18.7 Å². The molecule has 0 spiro atoms. The maximum Gasteiger partial charge on any atom is 0.321 e. The van der Waals surface area contributed by atoms with Gasteiger partial charge in [-0.3, -0.25) is 0 Å². The van der Waals surface area contributed by atoms with E-state index in [9.17, 15) is 9.18 Å². The molecule has 0 bridgehead atoms. The van der Waals surface area contributed by atoms with E-state index in [1.165, 1.54) is 12.1 Å². The smallest absolute Gasteiger partial charge is 0.321 e. The van der Waals surface area contributed by atoms with Crippen molar-refractivity contribution in [2.24, 2.45) is 0 Å². The molecule has 6 heteroatoms. The lowest BCUT2D eigenvalue weighted by molar-refractivity contribution is 0.223. The van der Waals surface area contributed by atoms with Gasteiger partial charge in [-0.25, -0.2) is 14.2 Å². The lowest BCUT2D eigenvalue weighted by Crippen LogP contribution is -2.33. The SMILES string of the molecule is CN(CCc1nccs1)C(=O)Nc1cccc(F)c1. The van der Waals surface area contributed by atoms with Gasteiger partial charge in [-0.15, -0.1) is 11.3 Å². The molecule has 1 heterocycles. The van der Waals surface area contributed by atoms with Crippen molar-refractivity contribution >= 4 is 23.1 Å². The van der Waals surface area contributed by atoms with E-state index in [1.54, 1.807) is 41.6 Å². The highest BCUT2D eigenvalue weighted by atomic mass is 32.1. The van der Waals surface area contributed by atoms with E-state index in [4.69, 9.17) is 0 Å². The van der Waals surface area contributed by atoms with Crippen molar-refractivity contribution < 1.29 is 9.18 Å². The van der Waals surface area contributed by atoms with Gasteiger partial charge in [-0.05, 0) is 18.2 Å². The molecule has 0 unspecified atom stereocenters. The van der Waals surface area contributed by atoms with Crippen LogP contribution in [0.5, 0.6) is 0 Å². The molecule has 19 heavy (non-hydrogen) atoms. The monoisotopic (exact) mass is 279 g/mol. The van der Waals surface area contributed by atoms with Crippen LogP contribution in [0.25, 0.3) is 0 Å². The largest absolute Gasteiger partial charge is 0.327 e. The van der Waals surface area contributed by atoms with Crippen LogP contribution < -0.4 is 5.32 Å². The summed E-state index contributed by atoms with van der Waals surface area (Å²) in [5, 5.41) is 5.54. The summed E-state index contributed by atoms with van der Waals surface area (Å²) in [6, 6.07) is 5.56. The Balaban J connectivity index is 1.85. The van der Waals surface area contributed by atoms with E-state index >= 15 is 0 Å². The summed E-state index contributed by atoms with van der Waals surface area (Å²) in [4.78, 5) is 17.6. The van der Waals surface area contributed by atoms with E-state index in [0.717, 1.165) is 5.01 Å². The molecule has 0 radical (unpaired) electrons. The van der Waals surface area contributed by atoms with Crippen molar-refractivity contribution in [3.05, 3.63) is 46.7 Å². The molecule has 1 aromatic carbocycles. The Labute approximate surface area is 114 Å². The van der Waals surface area contributed by atoms with Crippen molar-refractivity contribution in [1.82, 2.24) is 9.88 Å². The molecule has 0 aliphatic carbocycles. The van der Waals surface area contributed by atoms with Crippen LogP contribution in [0.15, 0.2) is 35.8 Å². The fraction of sp³-hybridized carbons (Fsp3) is 0.231. The van der Waals surface area contributed by atoms with Crippen LogP contribution in [0.3, 0.4) is 0 Å². The third-order valence-corrected chi connectivity index (χ3v) is 3.41. The Morgan fingerprint density at radius 1 is 1.53 bits per heavy atom. The van der Waals surface area contributed by atoms with Crippen LogP contribution in [-0.4, -0.2) is 29.5 Å². The van der Waals surface area contributed by atoms with Gasteiger partial charge < -0.3 is 10.2 Å². The summed E-state index contributed by atoms with van der Waals surface area (Å²) in [7, 11) is 1.70. The van der Waals surface area contributed by atoms with Gasteiger partial charge in [-0.1, -0.05) is 6.07 Å². The fourth-order valence-electron chi connectivity index (χ4n) is 1.53. The van der Waals surface area contributed by atoms with Crippen LogP contribution in [0, 0.1) is 5.82 Å². The van der Waals surface area contributed by atoms with Crippen molar-refractivity contribution in [1.29, 1.82) is 0 Å². The summed E-state index contributed by atoms with van der Waals surface area (Å²) < 4.78 is 13.0. The highest BCUT2D eigenvalue weighted by Crippen LogP contribution is 2.10. The molecule has 0 atom stereocenters. The molecule has 2 amide bonds. The van der Waals surface area contributed by atoms with Gasteiger partial charge in [0.15, 0.2) is 0 Å². The van der Waals surface area contributed by atoms with Crippen molar-refractivity contribution in [3.63, 3.8) is 0 Å². The summed E-state index contributed by atoms with van der Waals surface area (Å²) in [5.74, 6) is -0.372. The van der Waals surface area contributed by atoms with Crippen LogP contribution in [0.4, 0.5) is 14.9 Å². The minimum atomic E-state index is -0.372. The van der Waals surface area contributed by atoms with E-state index in [1.807, 2.05) is 5.38 Å². The van der Waals surface area contributed by atoms with Crippen LogP contribution in [-0.2, 0) is 6.42 Å². The van der Waals surface area contributed by atoms with Crippen LogP contribution in [0.2, 0.25) is 0 Å². The highest BCUT2D eigenvalue weighted by Gasteiger charge is 2.09. The summed E-state index contributed by atoms with van der Waals surface area (Å²) in [6.07, 6.45) is 2.46. The average molecular weight is 279 g/mol. The molecule has 2 rings (SSSR count). The number of aromatic nitrogens is 1. The van der Waals surface area contributed by atoms with Crippen LogP contribution >= 0.6 is 11.3 Å². The predicted octanol–water partition coefficient (Wildman–Crippen LogP) is 2.99. The molecule has 2 aromatic rings. The topological polar surface area (TPSA) is 45.2 Å². The maximum absolute atomic E-state index is 13.0. The Morgan fingerprint density at radius 3 is 3.05 bits per heavy atom. The second-order valence-electron chi connectivity index (χ2n) is 4.04. The number of hydrogen-bond acceptors (Lipinski definition) is 3. The maximum atomic E-state index is 13.0. The number of amides is 2. The molecular formula is C13H14FN3OS. The Morgan fingerprint density at radius 2 is 2.37 bits per heavy atom. The van der Waals surface area contributed by atoms with Crippen LogP contribution in [0.1, 0.15) is 5.01 Å². The fourth-order valence-corrected chi connectivity index (χ4v) is 2.14. The first-order chi connectivity index (χ1) is 9.15. The number of urea groups is 1. The Bertz CT molecular complexity index is 545. The van der Waals surface area contributed by atoms with Gasteiger partial charge >= 0.3 is 6.03 Å². The zero-order valence-electron chi connectivity index (χ0n) is 10.5. The number of anilines is 1. The van der Waals surface area contributed by atoms with Gasteiger partial charge in [0.05, 0.1) is 5.01 Å². The zero-order valence-corrected chi connectivity index (χ0v) is 11.3. The van der Waals surface area contributed by atoms with Gasteiger partial charge in [0.25, 0.3) is 0 Å². The number of carbonyl (C=O) groups is 1. The minimum Gasteiger partial charge on any atom is -0.327 e. The lowest BCUT2D eigenvalue weighted by Gasteiger charge is -2.17. The van der Waals surface area contributed by atoms with Gasteiger partial charge in [0.1, 0.15) is 5.82 Å². The number of halogens is 1. The summed E-state index contributed by atoms with van der Waals surface area (Å²) in [6.45, 7) is 0.564. The molecule has 1 N–H and O–H groups in total. The number of rotatable bonds is 4. The predicted molar refractivity (Wildman–Crippen MR) is 73.9 cm³/mol. The second-order valence-corrected chi connectivity index (χ2v) is 5.02. The average Bonchev–Trinajstić information content (AvgIpc) is 2.89. The second kappa shape index (κ2) is 6.29. The molecular weight excluding hydrogens is 265 g/mol. The normalized spacial score (nSPS) is 10.2. The van der Waals surface area contributed by atoms with Gasteiger partial charge in [-0.2, -0.15) is 0 Å². The Kier molecular flexibility index (Phi) is 4.46. The first-order valence-electron chi connectivity index (χ1n) is 5.81.